The van der Waals surface area contributed by atoms with E-state index < -0.39 is 7.60 Å². The van der Waals surface area contributed by atoms with E-state index in [1.54, 1.807) is 4.57 Å². The smallest absolute Gasteiger partial charge is 0.331 e. The molecule has 4 rings (SSSR count). The summed E-state index contributed by atoms with van der Waals surface area (Å²) in [6.07, 6.45) is 7.62. The number of fused-ring (bicyclic) bond motifs is 1. The molecule has 0 saturated heterocycles. The van der Waals surface area contributed by atoms with Gasteiger partial charge in [-0.15, -0.1) is 0 Å². The van der Waals surface area contributed by atoms with Gasteiger partial charge in [-0.1, -0.05) is 30.3 Å². The van der Waals surface area contributed by atoms with Crippen molar-refractivity contribution in [1.82, 2.24) is 0 Å². The number of hydrogen-bond donors (Lipinski definition) is 2. The predicted octanol–water partition coefficient (Wildman–Crippen LogP) is -2.74. The summed E-state index contributed by atoms with van der Waals surface area (Å²) in [7, 11) is -3.98. The van der Waals surface area contributed by atoms with Gasteiger partial charge in [0.1, 0.15) is 6.16 Å². The standard InChI is InChI=1S/C22H19N2O3P.2ClH/c25-28(26,27)17-16-23-12-8-18(9-13-23)19-10-14-24(15-11-19)22-7-3-5-20-4-1-2-6-21(20)22;;/h1-15H,16-17H2;2*1H. The number of pyridine rings is 2. The van der Waals surface area contributed by atoms with Crippen LogP contribution in [0.3, 0.4) is 0 Å². The number of hydrogen-bond acceptors (Lipinski definition) is 1. The van der Waals surface area contributed by atoms with Crippen LogP contribution in [0.25, 0.3) is 27.6 Å². The zero-order valence-corrected chi connectivity index (χ0v) is 18.4. The summed E-state index contributed by atoms with van der Waals surface area (Å²) in [6.45, 7) is 0.292. The number of halogens is 2. The third-order valence-electron chi connectivity index (χ3n) is 4.75. The molecule has 4 aromatic rings. The Bertz CT molecular complexity index is 1160. The Morgan fingerprint density at radius 2 is 1.30 bits per heavy atom. The van der Waals surface area contributed by atoms with Crippen LogP contribution in [-0.2, 0) is 11.1 Å². The number of nitrogens with zero attached hydrogens (tertiary/aromatic N) is 2. The highest BCUT2D eigenvalue weighted by Crippen LogP contribution is 2.33. The van der Waals surface area contributed by atoms with E-state index in [-0.39, 0.29) is 31.0 Å². The topological polar surface area (TPSA) is 65.3 Å². The largest absolute Gasteiger partial charge is 1.00 e. The zero-order valence-electron chi connectivity index (χ0n) is 16.0. The summed E-state index contributed by atoms with van der Waals surface area (Å²) in [5.41, 5.74) is 3.27. The first-order valence-electron chi connectivity index (χ1n) is 9.03. The fourth-order valence-electron chi connectivity index (χ4n) is 3.26. The summed E-state index contributed by atoms with van der Waals surface area (Å²) in [6, 6.07) is 22.6. The average Bonchev–Trinajstić information content (AvgIpc) is 2.72. The molecule has 2 heterocycles. The maximum Gasteiger partial charge on any atom is 0.331 e. The van der Waals surface area contributed by atoms with E-state index >= 15 is 0 Å². The van der Waals surface area contributed by atoms with Crippen molar-refractivity contribution < 1.29 is 48.3 Å². The molecule has 0 fully saturated rings. The van der Waals surface area contributed by atoms with Gasteiger partial charge in [-0.25, -0.2) is 4.57 Å². The number of aromatic nitrogens is 2. The molecule has 0 spiro atoms. The summed E-state index contributed by atoms with van der Waals surface area (Å²) in [4.78, 5) is 18.0. The van der Waals surface area contributed by atoms with Gasteiger partial charge in [-0.2, -0.15) is 4.57 Å². The Labute approximate surface area is 187 Å². The van der Waals surface area contributed by atoms with E-state index in [2.05, 4.69) is 47.0 Å². The molecule has 0 bridgehead atoms. The fraction of sp³-hybridized carbons (Fsp3) is 0.0909. The molecule has 0 aliphatic carbocycles. The second kappa shape index (κ2) is 10.2. The second-order valence-electron chi connectivity index (χ2n) is 6.71. The third kappa shape index (κ3) is 5.66. The lowest BCUT2D eigenvalue weighted by atomic mass is 10.1. The van der Waals surface area contributed by atoms with Crippen LogP contribution in [0.5, 0.6) is 0 Å². The Morgan fingerprint density at radius 1 is 0.733 bits per heavy atom. The quantitative estimate of drug-likeness (QED) is 0.250. The Balaban J connectivity index is 0.00000160. The van der Waals surface area contributed by atoms with Crippen LogP contribution in [0, 0.1) is 0 Å². The van der Waals surface area contributed by atoms with Gasteiger partial charge in [-0.3, -0.25) is 4.57 Å². The number of benzene rings is 2. The third-order valence-corrected chi connectivity index (χ3v) is 5.53. The van der Waals surface area contributed by atoms with Crippen LogP contribution in [0.1, 0.15) is 0 Å². The van der Waals surface area contributed by atoms with Crippen LogP contribution in [-0.4, -0.2) is 15.9 Å². The molecule has 0 aliphatic rings. The lowest BCUT2D eigenvalue weighted by Crippen LogP contribution is -3.00. The van der Waals surface area contributed by atoms with Crippen molar-refractivity contribution in [2.75, 3.05) is 6.16 Å². The molecule has 0 saturated carbocycles. The van der Waals surface area contributed by atoms with Crippen molar-refractivity contribution in [1.29, 1.82) is 0 Å². The highest BCUT2D eigenvalue weighted by atomic mass is 35.5. The molecule has 2 aromatic heterocycles. The van der Waals surface area contributed by atoms with E-state index in [0.717, 1.165) is 16.8 Å². The summed E-state index contributed by atoms with van der Waals surface area (Å²) in [5.74, 6) is 0. The minimum Gasteiger partial charge on any atom is -1.00 e. The van der Waals surface area contributed by atoms with Crippen LogP contribution < -0.4 is 33.9 Å². The number of rotatable bonds is 5. The molecule has 0 radical (unpaired) electrons. The molecular formula is C22H21Cl2N2O3P. The van der Waals surface area contributed by atoms with E-state index in [0.29, 0.717) is 6.54 Å². The van der Waals surface area contributed by atoms with Crippen LogP contribution in [0.2, 0.25) is 0 Å². The first-order chi connectivity index (χ1) is 13.5. The van der Waals surface area contributed by atoms with Gasteiger partial charge in [0.25, 0.3) is 0 Å². The molecule has 0 unspecified atom stereocenters. The average molecular weight is 463 g/mol. The molecule has 2 aromatic carbocycles. The Hall–Kier alpha value is -2.27. The van der Waals surface area contributed by atoms with Crippen molar-refractivity contribution in [2.24, 2.45) is 0 Å². The Morgan fingerprint density at radius 3 is 1.93 bits per heavy atom. The fourth-order valence-corrected chi connectivity index (χ4v) is 3.75. The van der Waals surface area contributed by atoms with Crippen molar-refractivity contribution in [3.05, 3.63) is 91.5 Å². The SMILES string of the molecule is O=P(O)(O)CC[n+]1ccc(-c2cc[n+](-c3cccc4ccccc34)cc2)cc1.[Cl-].[Cl-]. The van der Waals surface area contributed by atoms with Crippen molar-refractivity contribution >= 4 is 18.4 Å². The maximum absolute atomic E-state index is 11.0. The van der Waals surface area contributed by atoms with E-state index in [1.807, 2.05) is 49.1 Å². The number of aryl methyl sites for hydroxylation is 1. The minimum absolute atomic E-state index is 0. The highest BCUT2D eigenvalue weighted by molar-refractivity contribution is 7.51. The molecule has 2 N–H and O–H groups in total. The second-order valence-corrected chi connectivity index (χ2v) is 8.48. The molecule has 0 amide bonds. The first kappa shape index (κ1) is 24.0. The lowest BCUT2D eigenvalue weighted by Gasteiger charge is -2.04. The summed E-state index contributed by atoms with van der Waals surface area (Å²) >= 11 is 0. The van der Waals surface area contributed by atoms with Crippen LogP contribution >= 0.6 is 7.60 Å². The molecule has 0 aliphatic heterocycles. The molecule has 0 atom stereocenters. The normalized spacial score (nSPS) is 10.9. The zero-order chi connectivity index (χ0) is 19.6. The van der Waals surface area contributed by atoms with Gasteiger partial charge in [-0.05, 0) is 22.6 Å². The van der Waals surface area contributed by atoms with Gasteiger partial charge in [0.05, 0.1) is 5.39 Å². The monoisotopic (exact) mass is 462 g/mol. The lowest BCUT2D eigenvalue weighted by molar-refractivity contribution is -0.692. The van der Waals surface area contributed by atoms with Crippen molar-refractivity contribution in [3.8, 4) is 16.8 Å². The van der Waals surface area contributed by atoms with Crippen molar-refractivity contribution in [3.63, 3.8) is 0 Å². The van der Waals surface area contributed by atoms with Crippen molar-refractivity contribution in [2.45, 2.75) is 6.54 Å². The van der Waals surface area contributed by atoms with Gasteiger partial charge < -0.3 is 34.6 Å². The molecule has 30 heavy (non-hydrogen) atoms. The van der Waals surface area contributed by atoms with Crippen LogP contribution in [0.4, 0.5) is 0 Å². The van der Waals surface area contributed by atoms with Crippen LogP contribution in [0.15, 0.2) is 91.5 Å². The molecule has 5 nitrogen and oxygen atoms in total. The summed E-state index contributed by atoms with van der Waals surface area (Å²) < 4.78 is 14.9. The van der Waals surface area contributed by atoms with Gasteiger partial charge in [0, 0.05) is 30.3 Å². The summed E-state index contributed by atoms with van der Waals surface area (Å²) in [5, 5.41) is 2.41. The van der Waals surface area contributed by atoms with Gasteiger partial charge >= 0.3 is 7.60 Å². The van der Waals surface area contributed by atoms with E-state index in [4.69, 9.17) is 9.79 Å². The van der Waals surface area contributed by atoms with E-state index in [9.17, 15) is 4.57 Å². The van der Waals surface area contributed by atoms with Gasteiger partial charge in [0.15, 0.2) is 31.3 Å². The van der Waals surface area contributed by atoms with E-state index in [1.165, 1.54) is 10.8 Å². The predicted molar refractivity (Wildman–Crippen MR) is 108 cm³/mol. The first-order valence-corrected chi connectivity index (χ1v) is 10.8. The highest BCUT2D eigenvalue weighted by Gasteiger charge is 2.16. The molecule has 156 valence electrons. The van der Waals surface area contributed by atoms with Gasteiger partial charge in [0.2, 0.25) is 5.69 Å². The molecule has 8 heteroatoms. The minimum atomic E-state index is -3.98. The Kier molecular flexibility index (Phi) is 8.13. The molecular weight excluding hydrogens is 442 g/mol. The maximum atomic E-state index is 11.0.